The Labute approximate surface area is 111 Å². The molecule has 0 aliphatic heterocycles. The summed E-state index contributed by atoms with van der Waals surface area (Å²) in [6.45, 7) is 7.68. The quantitative estimate of drug-likeness (QED) is 0.706. The van der Waals surface area contributed by atoms with E-state index in [1.165, 1.54) is 37.8 Å². The van der Waals surface area contributed by atoms with Crippen LogP contribution >= 0.6 is 0 Å². The number of benzene rings is 1. The molecule has 0 aromatic heterocycles. The average molecular weight is 251 g/mol. The summed E-state index contributed by atoms with van der Waals surface area (Å²) in [6, 6.07) is 7.07. The molecule has 1 aromatic carbocycles. The molecule has 1 rings (SSSR count). The zero-order valence-corrected chi connectivity index (χ0v) is 11.9. The first-order valence-corrected chi connectivity index (χ1v) is 7.16. The summed E-state index contributed by atoms with van der Waals surface area (Å²) >= 11 is 0. The minimum atomic E-state index is -0.166. The van der Waals surface area contributed by atoms with Gasteiger partial charge in [-0.3, -0.25) is 0 Å². The van der Waals surface area contributed by atoms with Gasteiger partial charge in [-0.15, -0.1) is 0 Å². The Bertz CT molecular complexity index is 320. The van der Waals surface area contributed by atoms with E-state index in [1.54, 1.807) is 0 Å². The van der Waals surface area contributed by atoms with E-state index in [1.807, 2.05) is 12.1 Å². The zero-order chi connectivity index (χ0) is 13.4. The molecule has 0 radical (unpaired) electrons. The van der Waals surface area contributed by atoms with E-state index in [0.29, 0.717) is 6.04 Å². The van der Waals surface area contributed by atoms with Crippen LogP contribution < -0.4 is 5.32 Å². The Morgan fingerprint density at radius 1 is 1.17 bits per heavy atom. The molecule has 0 fully saturated rings. The molecule has 0 aliphatic carbocycles. The highest BCUT2D eigenvalue weighted by atomic mass is 19.1. The van der Waals surface area contributed by atoms with E-state index < -0.39 is 0 Å². The number of unbranched alkanes of at least 4 members (excludes halogenated alkanes) is 1. The largest absolute Gasteiger partial charge is 0.310 e. The van der Waals surface area contributed by atoms with Gasteiger partial charge in [-0.05, 0) is 43.5 Å². The third-order valence-corrected chi connectivity index (χ3v) is 3.63. The average Bonchev–Trinajstić information content (AvgIpc) is 2.39. The van der Waals surface area contributed by atoms with Crippen molar-refractivity contribution in [1.82, 2.24) is 5.32 Å². The van der Waals surface area contributed by atoms with Gasteiger partial charge in [0.1, 0.15) is 5.82 Å². The lowest BCUT2D eigenvalue weighted by atomic mass is 9.98. The molecule has 0 heterocycles. The molecule has 0 spiro atoms. The monoisotopic (exact) mass is 251 g/mol. The van der Waals surface area contributed by atoms with Gasteiger partial charge in [-0.2, -0.15) is 0 Å². The minimum absolute atomic E-state index is 0.166. The highest BCUT2D eigenvalue weighted by Crippen LogP contribution is 2.16. The molecule has 0 bridgehead atoms. The van der Waals surface area contributed by atoms with Crippen molar-refractivity contribution >= 4 is 0 Å². The van der Waals surface area contributed by atoms with Gasteiger partial charge in [0.25, 0.3) is 0 Å². The van der Waals surface area contributed by atoms with Crippen LogP contribution in [0.3, 0.4) is 0 Å². The second kappa shape index (κ2) is 8.25. The van der Waals surface area contributed by atoms with Crippen LogP contribution in [0.1, 0.15) is 58.1 Å². The normalized spacial score (nSPS) is 14.4. The maximum absolute atomic E-state index is 12.8. The summed E-state index contributed by atoms with van der Waals surface area (Å²) in [7, 11) is 0. The van der Waals surface area contributed by atoms with Gasteiger partial charge in [0.15, 0.2) is 0 Å². The molecule has 2 atom stereocenters. The fourth-order valence-corrected chi connectivity index (χ4v) is 2.16. The lowest BCUT2D eigenvalue weighted by molar-refractivity contribution is 0.398. The molecule has 0 saturated carbocycles. The van der Waals surface area contributed by atoms with E-state index in [9.17, 15) is 4.39 Å². The van der Waals surface area contributed by atoms with Crippen molar-refractivity contribution < 1.29 is 4.39 Å². The van der Waals surface area contributed by atoms with Gasteiger partial charge < -0.3 is 5.32 Å². The summed E-state index contributed by atoms with van der Waals surface area (Å²) in [4.78, 5) is 0. The van der Waals surface area contributed by atoms with Crippen LogP contribution in [0.4, 0.5) is 4.39 Å². The van der Waals surface area contributed by atoms with E-state index in [-0.39, 0.29) is 5.82 Å². The highest BCUT2D eigenvalue weighted by Gasteiger charge is 2.09. The van der Waals surface area contributed by atoms with Gasteiger partial charge in [-0.1, -0.05) is 45.2 Å². The SMILES string of the molecule is CCCCC(CC)CN[C@@H](C)c1ccc(F)cc1. The smallest absolute Gasteiger partial charge is 0.123 e. The lowest BCUT2D eigenvalue weighted by Gasteiger charge is -2.20. The van der Waals surface area contributed by atoms with Crippen molar-refractivity contribution in [2.45, 2.75) is 52.5 Å². The Morgan fingerprint density at radius 3 is 2.39 bits per heavy atom. The van der Waals surface area contributed by atoms with Crippen molar-refractivity contribution in [3.63, 3.8) is 0 Å². The first-order valence-electron chi connectivity index (χ1n) is 7.16. The van der Waals surface area contributed by atoms with Crippen LogP contribution in [-0.4, -0.2) is 6.54 Å². The zero-order valence-electron chi connectivity index (χ0n) is 11.9. The minimum Gasteiger partial charge on any atom is -0.310 e. The maximum Gasteiger partial charge on any atom is 0.123 e. The van der Waals surface area contributed by atoms with Crippen molar-refractivity contribution in [3.05, 3.63) is 35.6 Å². The fraction of sp³-hybridized carbons (Fsp3) is 0.625. The number of halogens is 1. The van der Waals surface area contributed by atoms with Crippen LogP contribution in [0.25, 0.3) is 0 Å². The molecular formula is C16H26FN. The summed E-state index contributed by atoms with van der Waals surface area (Å²) in [5, 5.41) is 3.56. The Kier molecular flexibility index (Phi) is 6.96. The molecule has 0 saturated heterocycles. The molecular weight excluding hydrogens is 225 g/mol. The van der Waals surface area contributed by atoms with Gasteiger partial charge in [0.05, 0.1) is 0 Å². The molecule has 2 heteroatoms. The molecule has 0 amide bonds. The van der Waals surface area contributed by atoms with E-state index in [2.05, 4.69) is 26.1 Å². The van der Waals surface area contributed by atoms with E-state index >= 15 is 0 Å². The van der Waals surface area contributed by atoms with Gasteiger partial charge in [0, 0.05) is 6.04 Å². The van der Waals surface area contributed by atoms with Gasteiger partial charge >= 0.3 is 0 Å². The molecule has 1 unspecified atom stereocenters. The first-order chi connectivity index (χ1) is 8.67. The van der Waals surface area contributed by atoms with Crippen molar-refractivity contribution in [2.24, 2.45) is 5.92 Å². The first kappa shape index (κ1) is 15.2. The number of rotatable bonds is 8. The van der Waals surface area contributed by atoms with Crippen LogP contribution in [0.2, 0.25) is 0 Å². The topological polar surface area (TPSA) is 12.0 Å². The molecule has 1 nitrogen and oxygen atoms in total. The van der Waals surface area contributed by atoms with Crippen molar-refractivity contribution in [1.29, 1.82) is 0 Å². The molecule has 102 valence electrons. The third kappa shape index (κ3) is 5.18. The second-order valence-corrected chi connectivity index (χ2v) is 5.10. The summed E-state index contributed by atoms with van der Waals surface area (Å²) < 4.78 is 12.8. The van der Waals surface area contributed by atoms with Crippen LogP contribution in [0.5, 0.6) is 0 Å². The summed E-state index contributed by atoms with van der Waals surface area (Å²) in [5.41, 5.74) is 1.15. The maximum atomic E-state index is 12.8. The van der Waals surface area contributed by atoms with Crippen LogP contribution in [0, 0.1) is 11.7 Å². The van der Waals surface area contributed by atoms with E-state index in [0.717, 1.165) is 18.0 Å². The molecule has 18 heavy (non-hydrogen) atoms. The predicted molar refractivity (Wildman–Crippen MR) is 76.1 cm³/mol. The van der Waals surface area contributed by atoms with Crippen molar-refractivity contribution in [2.75, 3.05) is 6.54 Å². The predicted octanol–water partition coefficient (Wildman–Crippen LogP) is 4.69. The van der Waals surface area contributed by atoms with Crippen LogP contribution in [-0.2, 0) is 0 Å². The van der Waals surface area contributed by atoms with Gasteiger partial charge in [0.2, 0.25) is 0 Å². The van der Waals surface area contributed by atoms with Crippen molar-refractivity contribution in [3.8, 4) is 0 Å². The molecule has 1 N–H and O–H groups in total. The van der Waals surface area contributed by atoms with Gasteiger partial charge in [-0.25, -0.2) is 4.39 Å². The number of hydrogen-bond acceptors (Lipinski definition) is 1. The van der Waals surface area contributed by atoms with E-state index in [4.69, 9.17) is 0 Å². The lowest BCUT2D eigenvalue weighted by Crippen LogP contribution is -2.25. The Morgan fingerprint density at radius 2 is 1.83 bits per heavy atom. The summed E-state index contributed by atoms with van der Waals surface area (Å²) in [6.07, 6.45) is 5.11. The van der Waals surface area contributed by atoms with Crippen LogP contribution in [0.15, 0.2) is 24.3 Å². The number of hydrogen-bond donors (Lipinski definition) is 1. The standard InChI is InChI=1S/C16H26FN/c1-4-6-7-14(5-2)12-18-13(3)15-8-10-16(17)11-9-15/h8-11,13-14,18H,4-7,12H2,1-3H3/t13-,14?/m0/s1. The second-order valence-electron chi connectivity index (χ2n) is 5.10. The molecule has 1 aromatic rings. The number of nitrogens with one attached hydrogen (secondary N) is 1. The fourth-order valence-electron chi connectivity index (χ4n) is 2.16. The Hall–Kier alpha value is -0.890. The molecule has 0 aliphatic rings. The third-order valence-electron chi connectivity index (χ3n) is 3.63. The summed E-state index contributed by atoms with van der Waals surface area (Å²) in [5.74, 6) is 0.591. The Balaban J connectivity index is 2.39. The highest BCUT2D eigenvalue weighted by molar-refractivity contribution is 5.19.